The van der Waals surface area contributed by atoms with E-state index in [2.05, 4.69) is 39.8 Å². The summed E-state index contributed by atoms with van der Waals surface area (Å²) in [6, 6.07) is 10.2. The van der Waals surface area contributed by atoms with Gasteiger partial charge >= 0.3 is 0 Å². The highest BCUT2D eigenvalue weighted by Gasteiger charge is 2.36. The Kier molecular flexibility index (Phi) is 2.44. The first kappa shape index (κ1) is 10.5. The van der Waals surface area contributed by atoms with Gasteiger partial charge in [0.15, 0.2) is 0 Å². The van der Waals surface area contributed by atoms with Crippen LogP contribution in [-0.2, 0) is 6.54 Å². The highest BCUT2D eigenvalue weighted by Crippen LogP contribution is 2.34. The third kappa shape index (κ3) is 2.22. The maximum atomic E-state index is 4.23. The predicted octanol–water partition coefficient (Wildman–Crippen LogP) is 2.11. The van der Waals surface area contributed by atoms with Crippen molar-refractivity contribution in [2.24, 2.45) is 0 Å². The zero-order valence-electron chi connectivity index (χ0n) is 9.90. The second-order valence-corrected chi connectivity index (χ2v) is 4.90. The Labute approximate surface area is 100 Å². The van der Waals surface area contributed by atoms with E-state index in [0.717, 1.165) is 23.5 Å². The molecule has 1 aromatic carbocycles. The molecule has 88 valence electrons. The van der Waals surface area contributed by atoms with E-state index in [-0.39, 0.29) is 0 Å². The van der Waals surface area contributed by atoms with Gasteiger partial charge in [-0.25, -0.2) is 0 Å². The quantitative estimate of drug-likeness (QED) is 0.842. The molecule has 1 aliphatic carbocycles. The summed E-state index contributed by atoms with van der Waals surface area (Å²) in [5.41, 5.74) is 3.37. The molecule has 17 heavy (non-hydrogen) atoms. The fraction of sp³-hybridized carbons (Fsp3) is 0.385. The minimum absolute atomic E-state index is 0.326. The summed E-state index contributed by atoms with van der Waals surface area (Å²) in [6.45, 7) is 3.02. The number of aromatic amines is 1. The summed E-state index contributed by atoms with van der Waals surface area (Å²) in [7, 11) is 0. The average Bonchev–Trinajstić information content (AvgIpc) is 2.93. The first-order chi connectivity index (χ1) is 8.27. The average molecular weight is 228 g/mol. The van der Waals surface area contributed by atoms with Gasteiger partial charge in [0.2, 0.25) is 0 Å². The molecule has 4 heteroatoms. The summed E-state index contributed by atoms with van der Waals surface area (Å²) in [5.74, 6) is 0. The molecule has 2 aromatic rings. The lowest BCUT2D eigenvalue weighted by atomic mass is 10.1. The van der Waals surface area contributed by atoms with E-state index in [9.17, 15) is 0 Å². The first-order valence-corrected chi connectivity index (χ1v) is 5.97. The van der Waals surface area contributed by atoms with E-state index in [4.69, 9.17) is 0 Å². The normalized spacial score (nSPS) is 17.0. The van der Waals surface area contributed by atoms with Crippen LogP contribution in [0.3, 0.4) is 0 Å². The molecule has 0 aliphatic heterocycles. The lowest BCUT2D eigenvalue weighted by Crippen LogP contribution is -2.27. The number of hydrogen-bond acceptors (Lipinski definition) is 3. The molecule has 0 unspecified atom stereocenters. The number of hydrogen-bond donors (Lipinski definition) is 2. The maximum absolute atomic E-state index is 4.23. The van der Waals surface area contributed by atoms with E-state index < -0.39 is 0 Å². The van der Waals surface area contributed by atoms with Crippen molar-refractivity contribution in [1.82, 2.24) is 20.7 Å². The SMILES string of the molecule is CC1(NCc2n[nH]nc2-c2ccccc2)CC1. The molecule has 0 saturated heterocycles. The van der Waals surface area contributed by atoms with Crippen LogP contribution < -0.4 is 5.32 Å². The predicted molar refractivity (Wildman–Crippen MR) is 66.3 cm³/mol. The second-order valence-electron chi connectivity index (χ2n) is 4.90. The lowest BCUT2D eigenvalue weighted by molar-refractivity contribution is 0.532. The monoisotopic (exact) mass is 228 g/mol. The number of H-pyrrole nitrogens is 1. The standard InChI is InChI=1S/C13H16N4/c1-13(7-8-13)14-9-11-12(16-17-15-11)10-5-3-2-4-6-10/h2-6,14H,7-9H2,1H3,(H,15,16,17). The van der Waals surface area contributed by atoms with Crippen molar-refractivity contribution in [3.8, 4) is 11.3 Å². The molecule has 1 aromatic heterocycles. The molecule has 0 amide bonds. The van der Waals surface area contributed by atoms with Crippen LogP contribution in [0.1, 0.15) is 25.5 Å². The van der Waals surface area contributed by atoms with Crippen LogP contribution >= 0.6 is 0 Å². The third-order valence-corrected chi connectivity index (χ3v) is 3.35. The molecule has 0 radical (unpaired) electrons. The fourth-order valence-electron chi connectivity index (χ4n) is 1.86. The lowest BCUT2D eigenvalue weighted by Gasteiger charge is -2.09. The Morgan fingerprint density at radius 3 is 2.71 bits per heavy atom. The molecular weight excluding hydrogens is 212 g/mol. The molecule has 1 fully saturated rings. The van der Waals surface area contributed by atoms with Gasteiger partial charge in [0.05, 0.1) is 0 Å². The summed E-state index contributed by atoms with van der Waals surface area (Å²) in [6.07, 6.45) is 2.51. The molecule has 0 spiro atoms. The Morgan fingerprint density at radius 1 is 1.24 bits per heavy atom. The topological polar surface area (TPSA) is 53.6 Å². The molecular formula is C13H16N4. The summed E-state index contributed by atoms with van der Waals surface area (Å²) in [5, 5.41) is 14.7. The summed E-state index contributed by atoms with van der Waals surface area (Å²) in [4.78, 5) is 0. The minimum atomic E-state index is 0.326. The van der Waals surface area contributed by atoms with Gasteiger partial charge in [-0.1, -0.05) is 30.3 Å². The van der Waals surface area contributed by atoms with Gasteiger partial charge in [0, 0.05) is 17.6 Å². The zero-order chi connectivity index (χ0) is 11.7. The number of benzene rings is 1. The maximum Gasteiger partial charge on any atom is 0.117 e. The smallest absolute Gasteiger partial charge is 0.117 e. The molecule has 1 aliphatic rings. The van der Waals surface area contributed by atoms with Gasteiger partial charge in [-0.15, -0.1) is 0 Å². The first-order valence-electron chi connectivity index (χ1n) is 5.97. The van der Waals surface area contributed by atoms with E-state index in [1.54, 1.807) is 0 Å². The molecule has 2 N–H and O–H groups in total. The van der Waals surface area contributed by atoms with E-state index >= 15 is 0 Å². The fourth-order valence-corrected chi connectivity index (χ4v) is 1.86. The van der Waals surface area contributed by atoms with Gasteiger partial charge in [-0.05, 0) is 19.8 Å². The second kappa shape index (κ2) is 3.96. The van der Waals surface area contributed by atoms with Gasteiger partial charge in [-0.2, -0.15) is 15.4 Å². The number of rotatable bonds is 4. The van der Waals surface area contributed by atoms with Crippen molar-refractivity contribution in [3.05, 3.63) is 36.0 Å². The third-order valence-electron chi connectivity index (χ3n) is 3.35. The van der Waals surface area contributed by atoms with Crippen molar-refractivity contribution in [1.29, 1.82) is 0 Å². The van der Waals surface area contributed by atoms with Crippen molar-refractivity contribution in [2.75, 3.05) is 0 Å². The van der Waals surface area contributed by atoms with Crippen LogP contribution in [0.4, 0.5) is 0 Å². The number of aromatic nitrogens is 3. The Balaban J connectivity index is 1.79. The van der Waals surface area contributed by atoms with E-state index in [1.165, 1.54) is 12.8 Å². The van der Waals surface area contributed by atoms with Gasteiger partial charge in [0.25, 0.3) is 0 Å². The van der Waals surface area contributed by atoms with Crippen LogP contribution in [0.5, 0.6) is 0 Å². The summed E-state index contributed by atoms with van der Waals surface area (Å²) < 4.78 is 0. The van der Waals surface area contributed by atoms with Gasteiger partial charge in [-0.3, -0.25) is 0 Å². The summed E-state index contributed by atoms with van der Waals surface area (Å²) >= 11 is 0. The van der Waals surface area contributed by atoms with E-state index in [0.29, 0.717) is 5.54 Å². The molecule has 0 atom stereocenters. The number of nitrogens with one attached hydrogen (secondary N) is 2. The minimum Gasteiger partial charge on any atom is -0.306 e. The molecule has 4 nitrogen and oxygen atoms in total. The highest BCUT2D eigenvalue weighted by molar-refractivity contribution is 5.60. The van der Waals surface area contributed by atoms with Crippen LogP contribution in [-0.4, -0.2) is 20.9 Å². The Hall–Kier alpha value is -1.68. The molecule has 1 saturated carbocycles. The molecule has 3 rings (SSSR count). The zero-order valence-corrected chi connectivity index (χ0v) is 9.90. The van der Waals surface area contributed by atoms with Crippen molar-refractivity contribution in [2.45, 2.75) is 31.8 Å². The molecule has 1 heterocycles. The van der Waals surface area contributed by atoms with E-state index in [1.807, 2.05) is 18.2 Å². The van der Waals surface area contributed by atoms with Crippen molar-refractivity contribution < 1.29 is 0 Å². The largest absolute Gasteiger partial charge is 0.306 e. The Bertz CT molecular complexity index is 499. The molecule has 0 bridgehead atoms. The van der Waals surface area contributed by atoms with Crippen LogP contribution in [0, 0.1) is 0 Å². The highest BCUT2D eigenvalue weighted by atomic mass is 15.3. The van der Waals surface area contributed by atoms with Crippen LogP contribution in [0.15, 0.2) is 30.3 Å². The van der Waals surface area contributed by atoms with Crippen LogP contribution in [0.25, 0.3) is 11.3 Å². The van der Waals surface area contributed by atoms with Crippen molar-refractivity contribution >= 4 is 0 Å². The van der Waals surface area contributed by atoms with Crippen molar-refractivity contribution in [3.63, 3.8) is 0 Å². The van der Waals surface area contributed by atoms with Gasteiger partial charge < -0.3 is 5.32 Å². The Morgan fingerprint density at radius 2 is 2.00 bits per heavy atom. The van der Waals surface area contributed by atoms with Gasteiger partial charge in [0.1, 0.15) is 11.4 Å². The van der Waals surface area contributed by atoms with Crippen LogP contribution in [0.2, 0.25) is 0 Å². The number of nitrogens with zero attached hydrogens (tertiary/aromatic N) is 2.